The van der Waals surface area contributed by atoms with Gasteiger partial charge in [0.2, 0.25) is 0 Å². The van der Waals surface area contributed by atoms with Gasteiger partial charge in [-0.25, -0.2) is 0 Å². The van der Waals surface area contributed by atoms with Crippen LogP contribution in [0.5, 0.6) is 0 Å². The second-order valence-electron chi connectivity index (χ2n) is 0.0722. The summed E-state index contributed by atoms with van der Waals surface area (Å²) in [6.45, 7) is 6.00. The van der Waals surface area contributed by atoms with Gasteiger partial charge in [0.05, 0.1) is 0 Å². The van der Waals surface area contributed by atoms with E-state index in [0.29, 0.717) is 0 Å². The summed E-state index contributed by atoms with van der Waals surface area (Å²) < 4.78 is 0. The third-order valence-corrected chi connectivity index (χ3v) is 0. The summed E-state index contributed by atoms with van der Waals surface area (Å²) in [7, 11) is 0. The molecule has 0 atom stereocenters. The Morgan fingerprint density at radius 3 is 1.60 bits per heavy atom. The van der Waals surface area contributed by atoms with Gasteiger partial charge in [-0.1, -0.05) is 0 Å². The van der Waals surface area contributed by atoms with Crippen molar-refractivity contribution in [1.29, 1.82) is 0 Å². The summed E-state index contributed by atoms with van der Waals surface area (Å²) >= 11 is 2.68. The molecule has 0 amide bonds. The van der Waals surface area contributed by atoms with Gasteiger partial charge in [-0.2, -0.15) is 0 Å². The summed E-state index contributed by atoms with van der Waals surface area (Å²) in [4.78, 5) is 9.82. The minimum atomic E-state index is 1.25. The van der Waals surface area contributed by atoms with Crippen molar-refractivity contribution in [3.8, 4) is 0 Å². The molecule has 0 rings (SSSR count). The van der Waals surface area contributed by atoms with Gasteiger partial charge in [-0.3, -0.25) is 0 Å². The van der Waals surface area contributed by atoms with Crippen molar-refractivity contribution in [2.45, 2.75) is 0 Å². The Hall–Kier alpha value is -0.161. The zero-order valence-electron chi connectivity index (χ0n) is 2.68. The zero-order valence-corrected chi connectivity index (χ0v) is 3.78. The molecular weight excluding hydrogens is 108 g/mol. The quantitative estimate of drug-likeness (QED) is 0.327. The first kappa shape index (κ1) is 8.85. The summed E-state index contributed by atoms with van der Waals surface area (Å²) in [6, 6.07) is 0. The normalized spacial score (nSPS) is 2.60. The van der Waals surface area contributed by atoms with E-state index in [1.54, 1.807) is 0 Å². The second kappa shape index (κ2) is 43.9. The first-order valence-corrected chi connectivity index (χ1v) is 1.43. The maximum absolute atomic E-state index is 8.57. The van der Waals surface area contributed by atoms with Crippen molar-refractivity contribution in [2.24, 2.45) is 0 Å². The van der Waals surface area contributed by atoms with Gasteiger partial charge >= 0.3 is 25.2 Å². The van der Waals surface area contributed by atoms with Crippen molar-refractivity contribution < 1.29 is 20.4 Å². The van der Waals surface area contributed by atoms with Crippen LogP contribution >= 0.6 is 0 Å². The van der Waals surface area contributed by atoms with E-state index in [9.17, 15) is 0 Å². The molecule has 0 aromatic carbocycles. The van der Waals surface area contributed by atoms with Crippen LogP contribution in [0.4, 0.5) is 0 Å². The van der Waals surface area contributed by atoms with Crippen molar-refractivity contribution in [3.63, 3.8) is 0 Å². The fraction of sp³-hybridized carbons (Fsp3) is 0. The standard InChI is InChI=1S/C2H4.CO.Fe/c2*1-2;/h1-2H2;;. The first-order chi connectivity index (χ1) is 2.41. The molecule has 5 heavy (non-hydrogen) atoms. The van der Waals surface area contributed by atoms with Crippen LogP contribution < -0.4 is 0 Å². The Balaban J connectivity index is 0. The van der Waals surface area contributed by atoms with Crippen LogP contribution in [0.15, 0.2) is 13.2 Å². The van der Waals surface area contributed by atoms with Gasteiger partial charge in [0.15, 0.2) is 0 Å². The van der Waals surface area contributed by atoms with Crippen LogP contribution in [0.25, 0.3) is 0 Å². The second-order valence-corrected chi connectivity index (χ2v) is 0.298. The van der Waals surface area contributed by atoms with Crippen LogP contribution in [-0.2, 0) is 20.4 Å². The molecule has 0 N–H and O–H groups in total. The molecule has 0 aliphatic rings. The topological polar surface area (TPSA) is 17.1 Å². The Bertz CT molecular complexity index is 36.2. The molecule has 0 saturated carbocycles. The molecular formula is C3H4FeO. The van der Waals surface area contributed by atoms with E-state index in [4.69, 9.17) is 4.79 Å². The van der Waals surface area contributed by atoms with Crippen molar-refractivity contribution >= 4 is 4.79 Å². The van der Waals surface area contributed by atoms with E-state index in [-0.39, 0.29) is 0 Å². The molecule has 0 unspecified atom stereocenters. The molecule has 0 aliphatic carbocycles. The molecule has 0 aromatic heterocycles. The first-order valence-electron chi connectivity index (χ1n) is 0.881. The molecule has 0 fully saturated rings. The molecule has 0 bridgehead atoms. The molecule has 0 radical (unpaired) electrons. The predicted molar refractivity (Wildman–Crippen MR) is 16.9 cm³/mol. The summed E-state index contributed by atoms with van der Waals surface area (Å²) in [5.41, 5.74) is 0. The molecule has 0 aliphatic heterocycles. The number of rotatable bonds is 0. The third-order valence-electron chi connectivity index (χ3n) is 0. The van der Waals surface area contributed by atoms with E-state index in [1.807, 2.05) is 0 Å². The van der Waals surface area contributed by atoms with Crippen LogP contribution in [0.3, 0.4) is 0 Å². The molecule has 30 valence electrons. The number of hydrogen-bond acceptors (Lipinski definition) is 1. The summed E-state index contributed by atoms with van der Waals surface area (Å²) in [5, 5.41) is 0. The van der Waals surface area contributed by atoms with Crippen LogP contribution in [0.1, 0.15) is 0 Å². The average Bonchev–Trinajstić information content (AvgIpc) is 1.46. The van der Waals surface area contributed by atoms with Gasteiger partial charge in [0, 0.05) is 0 Å². The molecule has 0 aromatic rings. The predicted octanol–water partition coefficient (Wildman–Crippen LogP) is 0.403. The third kappa shape index (κ3) is 504. The fourth-order valence-corrected chi connectivity index (χ4v) is 0. The summed E-state index contributed by atoms with van der Waals surface area (Å²) in [6.07, 6.45) is 0. The number of carbonyl (C=O) groups excluding carboxylic acids is 1. The van der Waals surface area contributed by atoms with Gasteiger partial charge in [-0.05, 0) is 0 Å². The van der Waals surface area contributed by atoms with Crippen LogP contribution in [-0.4, -0.2) is 4.79 Å². The Labute approximate surface area is 39.0 Å². The van der Waals surface area contributed by atoms with Crippen molar-refractivity contribution in [1.82, 2.24) is 0 Å². The van der Waals surface area contributed by atoms with Gasteiger partial charge < -0.3 is 0 Å². The molecule has 1 nitrogen and oxygen atoms in total. The Kier molecular flexibility index (Phi) is 77.7. The SMILES string of the molecule is C=C.O=[C]=[Fe]. The number of hydrogen-bond donors (Lipinski definition) is 0. The van der Waals surface area contributed by atoms with Crippen molar-refractivity contribution in [3.05, 3.63) is 13.2 Å². The maximum atomic E-state index is 8.57. The average molecular weight is 112 g/mol. The van der Waals surface area contributed by atoms with E-state index >= 15 is 0 Å². The molecule has 0 spiro atoms. The zero-order chi connectivity index (χ0) is 4.71. The van der Waals surface area contributed by atoms with Gasteiger partial charge in [0.1, 0.15) is 0 Å². The monoisotopic (exact) mass is 112 g/mol. The molecule has 0 saturated heterocycles. The van der Waals surface area contributed by atoms with Crippen LogP contribution in [0, 0.1) is 0 Å². The van der Waals surface area contributed by atoms with E-state index in [0.717, 1.165) is 0 Å². The van der Waals surface area contributed by atoms with E-state index < -0.39 is 0 Å². The minimum absolute atomic E-state index is 1.25. The van der Waals surface area contributed by atoms with E-state index in [2.05, 4.69) is 28.7 Å². The van der Waals surface area contributed by atoms with Crippen molar-refractivity contribution in [2.75, 3.05) is 0 Å². The Morgan fingerprint density at radius 2 is 1.60 bits per heavy atom. The van der Waals surface area contributed by atoms with E-state index in [1.165, 1.54) is 4.79 Å². The molecule has 0 heterocycles. The fourth-order valence-electron chi connectivity index (χ4n) is 0. The molecule has 2 heteroatoms. The van der Waals surface area contributed by atoms with Crippen LogP contribution in [0.2, 0.25) is 0 Å². The summed E-state index contributed by atoms with van der Waals surface area (Å²) in [5.74, 6) is 0. The van der Waals surface area contributed by atoms with Gasteiger partial charge in [0.25, 0.3) is 0 Å². The Morgan fingerprint density at radius 1 is 1.60 bits per heavy atom. The van der Waals surface area contributed by atoms with Gasteiger partial charge in [-0.15, -0.1) is 13.2 Å².